The van der Waals surface area contributed by atoms with E-state index in [0.29, 0.717) is 25.8 Å². The van der Waals surface area contributed by atoms with Crippen LogP contribution in [0.15, 0.2) is 46.4 Å². The van der Waals surface area contributed by atoms with Gasteiger partial charge in [-0.3, -0.25) is 4.79 Å². The maximum Gasteiger partial charge on any atom is 0.264 e. The Hall–Kier alpha value is -2.00. The average Bonchev–Trinajstić information content (AvgIpc) is 2.59. The number of rotatable bonds is 5. The third-order valence-electron chi connectivity index (χ3n) is 3.42. The molecule has 0 spiro atoms. The lowest BCUT2D eigenvalue weighted by molar-refractivity contribution is -0.124. The number of amides is 1. The van der Waals surface area contributed by atoms with Crippen LogP contribution in [0, 0.1) is 11.3 Å². The normalized spacial score (nSPS) is 11.0. The summed E-state index contributed by atoms with van der Waals surface area (Å²) in [7, 11) is 3.20. The van der Waals surface area contributed by atoms with E-state index in [1.165, 1.54) is 11.0 Å². The molecule has 0 bridgehead atoms. The summed E-state index contributed by atoms with van der Waals surface area (Å²) in [5.74, 6) is 0.270. The minimum Gasteiger partial charge on any atom is -0.488 e. The predicted octanol–water partition coefficient (Wildman–Crippen LogP) is 5.33. The Morgan fingerprint density at radius 2 is 2.00 bits per heavy atom. The topological polar surface area (TPSA) is 53.3 Å². The van der Waals surface area contributed by atoms with Gasteiger partial charge in [-0.25, -0.2) is 0 Å². The van der Waals surface area contributed by atoms with E-state index < -0.39 is 0 Å². The van der Waals surface area contributed by atoms with Crippen molar-refractivity contribution in [2.45, 2.75) is 6.61 Å². The molecule has 4 nitrogen and oxygen atoms in total. The largest absolute Gasteiger partial charge is 0.488 e. The second kappa shape index (κ2) is 9.09. The molecule has 0 aliphatic heterocycles. The van der Waals surface area contributed by atoms with Crippen LogP contribution in [-0.2, 0) is 11.4 Å². The lowest BCUT2D eigenvalue weighted by Gasteiger charge is -2.11. The van der Waals surface area contributed by atoms with E-state index in [0.717, 1.165) is 5.56 Å². The van der Waals surface area contributed by atoms with E-state index in [1.807, 2.05) is 12.1 Å². The van der Waals surface area contributed by atoms with Crippen LogP contribution in [0.3, 0.4) is 0 Å². The first-order valence-electron chi connectivity index (χ1n) is 7.51. The van der Waals surface area contributed by atoms with Crippen molar-refractivity contribution in [3.8, 4) is 11.8 Å². The van der Waals surface area contributed by atoms with Gasteiger partial charge >= 0.3 is 0 Å². The maximum absolute atomic E-state index is 11.9. The molecular formula is C19H15BrCl2N2O2. The summed E-state index contributed by atoms with van der Waals surface area (Å²) in [6.07, 6.45) is 1.53. The average molecular weight is 454 g/mol. The fourth-order valence-electron chi connectivity index (χ4n) is 2.07. The lowest BCUT2D eigenvalue weighted by Crippen LogP contribution is -2.22. The fourth-order valence-corrected chi connectivity index (χ4v) is 3.04. The second-order valence-electron chi connectivity index (χ2n) is 5.58. The quantitative estimate of drug-likeness (QED) is 0.454. The Morgan fingerprint density at radius 3 is 2.58 bits per heavy atom. The minimum absolute atomic E-state index is 0.0588. The molecule has 0 unspecified atom stereocenters. The van der Waals surface area contributed by atoms with Crippen molar-refractivity contribution in [3.63, 3.8) is 0 Å². The van der Waals surface area contributed by atoms with Gasteiger partial charge in [0.1, 0.15) is 24.0 Å². The highest BCUT2D eigenvalue weighted by molar-refractivity contribution is 9.10. The summed E-state index contributed by atoms with van der Waals surface area (Å²) >= 11 is 15.5. The Labute approximate surface area is 170 Å². The molecule has 0 fully saturated rings. The standard InChI is InChI=1S/C19H15BrCl2N2O2/c1-24(2)19(25)14(10-23)7-12-3-6-18(16(20)8-12)26-11-13-4-5-15(21)9-17(13)22/h3-9H,11H2,1-2H3/b14-7-. The van der Waals surface area contributed by atoms with Crippen molar-refractivity contribution in [1.82, 2.24) is 4.90 Å². The molecule has 134 valence electrons. The van der Waals surface area contributed by atoms with E-state index in [-0.39, 0.29) is 18.1 Å². The van der Waals surface area contributed by atoms with Crippen LogP contribution in [0.25, 0.3) is 6.08 Å². The molecular weight excluding hydrogens is 439 g/mol. The molecule has 0 aromatic heterocycles. The summed E-state index contributed by atoms with van der Waals surface area (Å²) in [4.78, 5) is 13.3. The Morgan fingerprint density at radius 1 is 1.27 bits per heavy atom. The summed E-state index contributed by atoms with van der Waals surface area (Å²) in [6.45, 7) is 0.284. The number of hydrogen-bond acceptors (Lipinski definition) is 3. The zero-order valence-electron chi connectivity index (χ0n) is 14.1. The number of ether oxygens (including phenoxy) is 1. The number of halogens is 3. The first-order valence-corrected chi connectivity index (χ1v) is 9.06. The molecule has 1 amide bonds. The van der Waals surface area contributed by atoms with Gasteiger partial charge < -0.3 is 9.64 Å². The van der Waals surface area contributed by atoms with E-state index in [9.17, 15) is 4.79 Å². The third-order valence-corrected chi connectivity index (χ3v) is 4.63. The molecule has 0 saturated carbocycles. The van der Waals surface area contributed by atoms with Crippen LogP contribution < -0.4 is 4.74 Å². The van der Waals surface area contributed by atoms with Gasteiger partial charge in [0.15, 0.2) is 0 Å². The van der Waals surface area contributed by atoms with Crippen molar-refractivity contribution >= 4 is 51.1 Å². The summed E-state index contributed by atoms with van der Waals surface area (Å²) in [5.41, 5.74) is 1.58. The smallest absolute Gasteiger partial charge is 0.264 e. The first kappa shape index (κ1) is 20.3. The molecule has 0 radical (unpaired) electrons. The molecule has 0 aliphatic carbocycles. The highest BCUT2D eigenvalue weighted by atomic mass is 79.9. The molecule has 0 atom stereocenters. The number of carbonyl (C=O) groups is 1. The third kappa shape index (κ3) is 5.25. The molecule has 7 heteroatoms. The van der Waals surface area contributed by atoms with Gasteiger partial charge in [-0.2, -0.15) is 5.26 Å². The van der Waals surface area contributed by atoms with Crippen LogP contribution in [-0.4, -0.2) is 24.9 Å². The Bertz CT molecular complexity index is 905. The minimum atomic E-state index is -0.346. The van der Waals surface area contributed by atoms with Crippen LogP contribution in [0.5, 0.6) is 5.75 Å². The molecule has 2 aromatic carbocycles. The van der Waals surface area contributed by atoms with Gasteiger partial charge in [-0.15, -0.1) is 0 Å². The van der Waals surface area contributed by atoms with Crippen molar-refractivity contribution in [2.24, 2.45) is 0 Å². The molecule has 2 rings (SSSR count). The van der Waals surface area contributed by atoms with Crippen LogP contribution in [0.4, 0.5) is 0 Å². The number of hydrogen-bond donors (Lipinski definition) is 0. The van der Waals surface area contributed by atoms with E-state index in [4.69, 9.17) is 33.2 Å². The van der Waals surface area contributed by atoms with Gasteiger partial charge in [-0.05, 0) is 51.8 Å². The molecule has 0 saturated heterocycles. The summed E-state index contributed by atoms with van der Waals surface area (Å²) in [6, 6.07) is 12.4. The molecule has 2 aromatic rings. The fraction of sp³-hybridized carbons (Fsp3) is 0.158. The van der Waals surface area contributed by atoms with Crippen molar-refractivity contribution < 1.29 is 9.53 Å². The number of benzene rings is 2. The van der Waals surface area contributed by atoms with Crippen molar-refractivity contribution in [3.05, 3.63) is 67.6 Å². The zero-order valence-corrected chi connectivity index (χ0v) is 17.2. The molecule has 26 heavy (non-hydrogen) atoms. The monoisotopic (exact) mass is 452 g/mol. The SMILES string of the molecule is CN(C)C(=O)/C(C#N)=C\c1ccc(OCc2ccc(Cl)cc2Cl)c(Br)c1. The molecule has 0 aliphatic rings. The van der Waals surface area contributed by atoms with E-state index in [2.05, 4.69) is 15.9 Å². The number of carbonyl (C=O) groups excluding carboxylic acids is 1. The van der Waals surface area contributed by atoms with Crippen molar-refractivity contribution in [1.29, 1.82) is 5.26 Å². The van der Waals surface area contributed by atoms with Gasteiger partial charge in [0, 0.05) is 29.7 Å². The number of likely N-dealkylation sites (N-methyl/N-ethyl adjacent to an activating group) is 1. The predicted molar refractivity (Wildman–Crippen MR) is 107 cm³/mol. The summed E-state index contributed by atoms with van der Waals surface area (Å²) in [5, 5.41) is 10.3. The van der Waals surface area contributed by atoms with Gasteiger partial charge in [0.2, 0.25) is 0 Å². The van der Waals surface area contributed by atoms with Crippen LogP contribution >= 0.6 is 39.1 Å². The molecule has 0 N–H and O–H groups in total. The lowest BCUT2D eigenvalue weighted by atomic mass is 10.1. The van der Waals surface area contributed by atoms with Crippen LogP contribution in [0.2, 0.25) is 10.0 Å². The van der Waals surface area contributed by atoms with Crippen LogP contribution in [0.1, 0.15) is 11.1 Å². The number of nitriles is 1. The maximum atomic E-state index is 11.9. The van der Waals surface area contributed by atoms with Gasteiger partial charge in [-0.1, -0.05) is 35.3 Å². The Balaban J connectivity index is 2.16. The van der Waals surface area contributed by atoms with Gasteiger partial charge in [0.25, 0.3) is 5.91 Å². The van der Waals surface area contributed by atoms with E-state index in [1.54, 1.807) is 44.4 Å². The molecule has 0 heterocycles. The second-order valence-corrected chi connectivity index (χ2v) is 7.28. The first-order chi connectivity index (χ1) is 12.3. The zero-order chi connectivity index (χ0) is 19.3. The van der Waals surface area contributed by atoms with E-state index >= 15 is 0 Å². The van der Waals surface area contributed by atoms with Crippen molar-refractivity contribution in [2.75, 3.05) is 14.1 Å². The Kier molecular flexibility index (Phi) is 7.10. The highest BCUT2D eigenvalue weighted by Crippen LogP contribution is 2.29. The summed E-state index contributed by atoms with van der Waals surface area (Å²) < 4.78 is 6.48. The van der Waals surface area contributed by atoms with Gasteiger partial charge in [0.05, 0.1) is 4.47 Å². The number of nitrogens with zero attached hydrogens (tertiary/aromatic N) is 2. The highest BCUT2D eigenvalue weighted by Gasteiger charge is 2.12.